The van der Waals surface area contributed by atoms with Crippen molar-refractivity contribution in [3.8, 4) is 0 Å². The van der Waals surface area contributed by atoms with E-state index >= 15 is 0 Å². The maximum atomic E-state index is 5.91. The highest BCUT2D eigenvalue weighted by atomic mass is 35.5. The molecule has 0 bridgehead atoms. The van der Waals surface area contributed by atoms with Crippen LogP contribution in [0.15, 0.2) is 60.9 Å². The van der Waals surface area contributed by atoms with Gasteiger partial charge in [-0.1, -0.05) is 37.0 Å². The number of nitrogens with one attached hydrogen (secondary N) is 2. The first-order valence-electron chi connectivity index (χ1n) is 10.2. The fraction of sp³-hybridized carbons (Fsp3) is 0.250. The Hall–Kier alpha value is -2.56. The van der Waals surface area contributed by atoms with Gasteiger partial charge in [-0.2, -0.15) is 0 Å². The van der Waals surface area contributed by atoms with Crippen molar-refractivity contribution < 1.29 is 0 Å². The Morgan fingerprint density at radius 3 is 1.50 bits per heavy atom. The Morgan fingerprint density at radius 1 is 0.667 bits per heavy atom. The van der Waals surface area contributed by atoms with E-state index < -0.39 is 0 Å². The first-order chi connectivity index (χ1) is 14.6. The summed E-state index contributed by atoms with van der Waals surface area (Å²) in [5, 5.41) is 10.4. The molecule has 4 rings (SSSR count). The van der Waals surface area contributed by atoms with Crippen LogP contribution in [0.25, 0.3) is 21.8 Å². The van der Waals surface area contributed by atoms with Crippen molar-refractivity contribution >= 4 is 56.4 Å². The number of pyridine rings is 2. The highest BCUT2D eigenvalue weighted by molar-refractivity contribution is 6.31. The van der Waals surface area contributed by atoms with E-state index in [1.54, 1.807) is 12.4 Å². The Labute approximate surface area is 187 Å². The Bertz CT molecular complexity index is 1030. The summed E-state index contributed by atoms with van der Waals surface area (Å²) in [6.45, 7) is 6.24. The molecule has 4 nitrogen and oxygen atoms in total. The molecule has 0 spiro atoms. The third-order valence-electron chi connectivity index (χ3n) is 4.54. The molecule has 0 amide bonds. The molecule has 156 valence electrons. The minimum atomic E-state index is 0.725. The Kier molecular flexibility index (Phi) is 8.12. The second kappa shape index (κ2) is 11.0. The van der Waals surface area contributed by atoms with Crippen LogP contribution in [0, 0.1) is 0 Å². The van der Waals surface area contributed by atoms with Gasteiger partial charge in [-0.15, -0.1) is 0 Å². The molecule has 0 fully saturated rings. The summed E-state index contributed by atoms with van der Waals surface area (Å²) in [7, 11) is 0. The van der Waals surface area contributed by atoms with Gasteiger partial charge < -0.3 is 10.6 Å². The fourth-order valence-electron chi connectivity index (χ4n) is 3.07. The van der Waals surface area contributed by atoms with Crippen molar-refractivity contribution in [1.29, 1.82) is 0 Å². The first-order valence-corrected chi connectivity index (χ1v) is 10.9. The van der Waals surface area contributed by atoms with Gasteiger partial charge in [-0.05, 0) is 61.4 Å². The van der Waals surface area contributed by atoms with Crippen molar-refractivity contribution in [1.82, 2.24) is 9.97 Å². The van der Waals surface area contributed by atoms with E-state index in [0.29, 0.717) is 0 Å². The van der Waals surface area contributed by atoms with E-state index in [9.17, 15) is 0 Å². The summed E-state index contributed by atoms with van der Waals surface area (Å²) in [4.78, 5) is 8.57. The van der Waals surface area contributed by atoms with Gasteiger partial charge in [0.2, 0.25) is 0 Å². The predicted octanol–water partition coefficient (Wildman–Crippen LogP) is 7.42. The Balaban J connectivity index is 0.000000171. The summed E-state index contributed by atoms with van der Waals surface area (Å²) in [6, 6.07) is 15.5. The van der Waals surface area contributed by atoms with Crippen LogP contribution in [-0.4, -0.2) is 23.1 Å². The Morgan fingerprint density at radius 2 is 1.10 bits per heavy atom. The van der Waals surface area contributed by atoms with Gasteiger partial charge in [0.15, 0.2) is 0 Å². The number of aromatic nitrogens is 2. The van der Waals surface area contributed by atoms with Crippen molar-refractivity contribution in [3.05, 3.63) is 71.0 Å². The van der Waals surface area contributed by atoms with Gasteiger partial charge in [0.25, 0.3) is 0 Å². The molecule has 0 aliphatic heterocycles. The molecule has 0 unspecified atom stereocenters. The minimum absolute atomic E-state index is 0.725. The van der Waals surface area contributed by atoms with Gasteiger partial charge in [0.1, 0.15) is 0 Å². The molecule has 2 N–H and O–H groups in total. The number of benzene rings is 2. The SMILES string of the molecule is CCCNc1ccnc2cc(Cl)ccc12.CCCNc1ccnc2cc(Cl)ccc12. The van der Waals surface area contributed by atoms with Crippen LogP contribution < -0.4 is 10.6 Å². The number of rotatable bonds is 6. The second-order valence-corrected chi connectivity index (χ2v) is 7.77. The maximum absolute atomic E-state index is 5.91. The molecule has 0 radical (unpaired) electrons. The number of halogens is 2. The molecule has 0 atom stereocenters. The molecular weight excluding hydrogens is 415 g/mol. The average Bonchev–Trinajstić information content (AvgIpc) is 2.76. The summed E-state index contributed by atoms with van der Waals surface area (Å²) in [5.74, 6) is 0. The highest BCUT2D eigenvalue weighted by Crippen LogP contribution is 2.25. The van der Waals surface area contributed by atoms with E-state index in [1.165, 1.54) is 0 Å². The highest BCUT2D eigenvalue weighted by Gasteiger charge is 2.02. The second-order valence-electron chi connectivity index (χ2n) is 6.89. The van der Waals surface area contributed by atoms with Gasteiger partial charge in [0, 0.05) is 57.7 Å². The van der Waals surface area contributed by atoms with E-state index in [1.807, 2.05) is 48.5 Å². The number of nitrogens with zero attached hydrogens (tertiary/aromatic N) is 2. The van der Waals surface area contributed by atoms with Crippen molar-refractivity contribution in [2.45, 2.75) is 26.7 Å². The molecular formula is C24H26Cl2N4. The van der Waals surface area contributed by atoms with Crippen LogP contribution in [0.3, 0.4) is 0 Å². The zero-order valence-corrected chi connectivity index (χ0v) is 18.8. The molecule has 2 aromatic carbocycles. The van der Waals surface area contributed by atoms with Crippen molar-refractivity contribution in [2.75, 3.05) is 23.7 Å². The zero-order chi connectivity index (χ0) is 21.3. The quantitative estimate of drug-likeness (QED) is 0.327. The molecule has 6 heteroatoms. The predicted molar refractivity (Wildman–Crippen MR) is 131 cm³/mol. The largest absolute Gasteiger partial charge is 0.384 e. The number of hydrogen-bond donors (Lipinski definition) is 2. The van der Waals surface area contributed by atoms with Crippen LogP contribution in [0.5, 0.6) is 0 Å². The van der Waals surface area contributed by atoms with Gasteiger partial charge in [-0.25, -0.2) is 0 Å². The number of hydrogen-bond acceptors (Lipinski definition) is 4. The van der Waals surface area contributed by atoms with Crippen LogP contribution in [0.2, 0.25) is 10.0 Å². The average molecular weight is 441 g/mol. The molecule has 0 saturated carbocycles. The summed E-state index contributed by atoms with van der Waals surface area (Å²) < 4.78 is 0. The third-order valence-corrected chi connectivity index (χ3v) is 5.01. The molecule has 0 aliphatic carbocycles. The molecule has 4 aromatic rings. The van der Waals surface area contributed by atoms with Gasteiger partial charge in [0.05, 0.1) is 11.0 Å². The number of anilines is 2. The zero-order valence-electron chi connectivity index (χ0n) is 17.3. The molecule has 2 heterocycles. The van der Waals surface area contributed by atoms with Crippen LogP contribution >= 0.6 is 23.2 Å². The van der Waals surface area contributed by atoms with Gasteiger partial charge >= 0.3 is 0 Å². The monoisotopic (exact) mass is 440 g/mol. The maximum Gasteiger partial charge on any atom is 0.0737 e. The topological polar surface area (TPSA) is 49.8 Å². The van der Waals surface area contributed by atoms with Gasteiger partial charge in [-0.3, -0.25) is 9.97 Å². The van der Waals surface area contributed by atoms with Crippen molar-refractivity contribution in [3.63, 3.8) is 0 Å². The van der Waals surface area contributed by atoms with E-state index in [2.05, 4.69) is 34.4 Å². The normalized spacial score (nSPS) is 10.5. The fourth-order valence-corrected chi connectivity index (χ4v) is 3.40. The van der Waals surface area contributed by atoms with Crippen molar-refractivity contribution in [2.24, 2.45) is 0 Å². The minimum Gasteiger partial charge on any atom is -0.384 e. The summed E-state index contributed by atoms with van der Waals surface area (Å²) >= 11 is 11.8. The molecule has 2 aromatic heterocycles. The lowest BCUT2D eigenvalue weighted by atomic mass is 10.2. The first kappa shape index (κ1) is 22.1. The lowest BCUT2D eigenvalue weighted by molar-refractivity contribution is 0.981. The molecule has 0 aliphatic rings. The molecule has 30 heavy (non-hydrogen) atoms. The smallest absolute Gasteiger partial charge is 0.0737 e. The standard InChI is InChI=1S/2C12H13ClN2/c2*1-2-6-14-11-5-7-15-12-8-9(13)3-4-10(11)12/h2*3-5,7-8H,2,6H2,1H3,(H,14,15). The number of fused-ring (bicyclic) bond motifs is 2. The lowest BCUT2D eigenvalue weighted by Crippen LogP contribution is -2.00. The van der Waals surface area contributed by atoms with E-state index in [4.69, 9.17) is 23.2 Å². The van der Waals surface area contributed by atoms with E-state index in [0.717, 1.165) is 69.2 Å². The van der Waals surface area contributed by atoms with Crippen LogP contribution in [-0.2, 0) is 0 Å². The van der Waals surface area contributed by atoms with E-state index in [-0.39, 0.29) is 0 Å². The summed E-state index contributed by atoms with van der Waals surface area (Å²) in [6.07, 6.45) is 5.82. The van der Waals surface area contributed by atoms with Crippen LogP contribution in [0.4, 0.5) is 11.4 Å². The molecule has 0 saturated heterocycles. The summed E-state index contributed by atoms with van der Waals surface area (Å²) in [5.41, 5.74) is 4.12. The lowest BCUT2D eigenvalue weighted by Gasteiger charge is -2.08. The van der Waals surface area contributed by atoms with Crippen LogP contribution in [0.1, 0.15) is 26.7 Å². The third kappa shape index (κ3) is 5.74.